The Hall–Kier alpha value is -9.64. The minimum Gasteiger partial charge on any atom is -0.309 e. The number of fused-ring (bicyclic) bond motifs is 13. The maximum Gasteiger partial charge on any atom is 0.165 e. The lowest BCUT2D eigenvalue weighted by Crippen LogP contribution is -2.35. The van der Waals surface area contributed by atoms with Gasteiger partial charge in [-0.25, -0.2) is 9.97 Å². The molecule has 0 bridgehead atoms. The van der Waals surface area contributed by atoms with Gasteiger partial charge in [-0.3, -0.25) is 4.57 Å². The normalized spacial score (nSPS) is 14.5. The van der Waals surface area contributed by atoms with Crippen molar-refractivity contribution in [1.82, 2.24) is 19.1 Å². The van der Waals surface area contributed by atoms with Crippen LogP contribution in [0, 0.1) is 5.92 Å². The Morgan fingerprint density at radius 3 is 1.88 bits per heavy atom. The van der Waals surface area contributed by atoms with Crippen molar-refractivity contribution in [1.29, 1.82) is 0 Å². The zero-order valence-electron chi connectivity index (χ0n) is 41.8. The van der Waals surface area contributed by atoms with Gasteiger partial charge in [-0.1, -0.05) is 213 Å². The number of hydrogen-bond donors (Lipinski definition) is 0. The Morgan fingerprint density at radius 1 is 0.447 bits per heavy atom. The van der Waals surface area contributed by atoms with Crippen LogP contribution in [0.2, 0.25) is 0 Å². The molecular weight excluding hydrogens is 921 g/mol. The molecule has 11 aromatic carbocycles. The van der Waals surface area contributed by atoms with Gasteiger partial charge in [0.1, 0.15) is 5.69 Å². The molecule has 356 valence electrons. The molecule has 1 atom stereocenters. The van der Waals surface area contributed by atoms with Gasteiger partial charge < -0.3 is 4.57 Å². The fraction of sp³-hybridized carbons (Fsp3) is 0.0556. The quantitative estimate of drug-likeness (QED) is 0.156. The average molecular weight is 969 g/mol. The third kappa shape index (κ3) is 6.13. The summed E-state index contributed by atoms with van der Waals surface area (Å²) in [5.74, 6) is 1.24. The van der Waals surface area contributed by atoms with Gasteiger partial charge in [0.25, 0.3) is 0 Å². The fourth-order valence-electron chi connectivity index (χ4n) is 13.3. The first-order valence-electron chi connectivity index (χ1n) is 26.5. The maximum atomic E-state index is 5.70. The van der Waals surface area contributed by atoms with E-state index in [-0.39, 0.29) is 0 Å². The molecule has 4 heteroatoms. The summed E-state index contributed by atoms with van der Waals surface area (Å²) in [6.45, 7) is 2.35. The van der Waals surface area contributed by atoms with E-state index >= 15 is 0 Å². The zero-order valence-corrected chi connectivity index (χ0v) is 41.8. The second-order valence-corrected chi connectivity index (χ2v) is 20.9. The van der Waals surface area contributed by atoms with E-state index in [0.717, 1.165) is 78.2 Å². The zero-order chi connectivity index (χ0) is 50.1. The smallest absolute Gasteiger partial charge is 0.165 e. The summed E-state index contributed by atoms with van der Waals surface area (Å²) in [4.78, 5) is 11.2. The van der Waals surface area contributed by atoms with Gasteiger partial charge in [0.05, 0.1) is 44.2 Å². The van der Waals surface area contributed by atoms with Gasteiger partial charge in [-0.15, -0.1) is 0 Å². The van der Waals surface area contributed by atoms with Gasteiger partial charge in [0, 0.05) is 32.5 Å². The highest BCUT2D eigenvalue weighted by Gasteiger charge is 2.46. The monoisotopic (exact) mass is 968 g/mol. The third-order valence-corrected chi connectivity index (χ3v) is 16.7. The van der Waals surface area contributed by atoms with Crippen molar-refractivity contribution in [3.8, 4) is 45.0 Å². The van der Waals surface area contributed by atoms with Crippen LogP contribution in [0.15, 0.2) is 249 Å². The second-order valence-electron chi connectivity index (χ2n) is 20.9. The summed E-state index contributed by atoms with van der Waals surface area (Å²) in [6.07, 6.45) is 5.71. The predicted octanol–water partition coefficient (Wildman–Crippen LogP) is 17.9. The predicted molar refractivity (Wildman–Crippen MR) is 316 cm³/mol. The number of nitrogens with zero attached hydrogens (tertiary/aromatic N) is 4. The number of aromatic nitrogens is 4. The molecule has 4 nitrogen and oxygen atoms in total. The molecule has 2 aliphatic rings. The van der Waals surface area contributed by atoms with Crippen molar-refractivity contribution in [3.05, 3.63) is 282 Å². The summed E-state index contributed by atoms with van der Waals surface area (Å²) in [5.41, 5.74) is 21.3. The largest absolute Gasteiger partial charge is 0.309 e. The third-order valence-electron chi connectivity index (χ3n) is 16.7. The molecular formula is C72H48N4. The molecule has 0 amide bonds. The SMILES string of the molecule is CC1C=Cc2ccc3c(c2C1)c1cc(-c2ccc4c(c2)c2ccccc2n4-c2nc4c(ccc5ccccc54)nc2-c2ccc(-c4ccccc4)cc2)cc2c1n3-c1ccccc1C2(c1ccccc1)c1ccccc1. The lowest BCUT2D eigenvalue weighted by molar-refractivity contribution is 0.721. The van der Waals surface area contributed by atoms with E-state index in [2.05, 4.69) is 271 Å². The Bertz CT molecular complexity index is 4680. The number of rotatable bonds is 6. The van der Waals surface area contributed by atoms with E-state index in [1.807, 2.05) is 0 Å². The van der Waals surface area contributed by atoms with Crippen molar-refractivity contribution < 1.29 is 0 Å². The number of allylic oxidation sites excluding steroid dienone is 1. The number of hydrogen-bond acceptors (Lipinski definition) is 2. The Kier molecular flexibility index (Phi) is 9.26. The Labute approximate surface area is 440 Å². The first kappa shape index (κ1) is 42.8. The van der Waals surface area contributed by atoms with Crippen LogP contribution >= 0.6 is 0 Å². The highest BCUT2D eigenvalue weighted by Crippen LogP contribution is 2.56. The van der Waals surface area contributed by atoms with E-state index in [9.17, 15) is 0 Å². The van der Waals surface area contributed by atoms with Crippen molar-refractivity contribution in [2.75, 3.05) is 0 Å². The average Bonchev–Trinajstić information content (AvgIpc) is 4.05. The first-order chi connectivity index (χ1) is 37.6. The van der Waals surface area contributed by atoms with Crippen LogP contribution < -0.4 is 0 Å². The van der Waals surface area contributed by atoms with Gasteiger partial charge >= 0.3 is 0 Å². The van der Waals surface area contributed by atoms with Gasteiger partial charge in [-0.05, 0) is 122 Å². The Balaban J connectivity index is 0.984. The van der Waals surface area contributed by atoms with E-state index < -0.39 is 5.41 Å². The number of para-hydroxylation sites is 2. The molecule has 0 spiro atoms. The topological polar surface area (TPSA) is 35.6 Å². The fourth-order valence-corrected chi connectivity index (χ4v) is 13.3. The molecule has 1 aliphatic carbocycles. The number of benzene rings is 11. The van der Waals surface area contributed by atoms with Crippen molar-refractivity contribution in [2.45, 2.75) is 18.8 Å². The maximum absolute atomic E-state index is 5.70. The molecule has 3 aromatic heterocycles. The summed E-state index contributed by atoms with van der Waals surface area (Å²) >= 11 is 0. The van der Waals surface area contributed by atoms with Crippen molar-refractivity contribution >= 4 is 71.5 Å². The lowest BCUT2D eigenvalue weighted by atomic mass is 9.63. The molecule has 4 heterocycles. The summed E-state index contributed by atoms with van der Waals surface area (Å²) in [7, 11) is 0. The molecule has 1 unspecified atom stereocenters. The molecule has 14 aromatic rings. The van der Waals surface area contributed by atoms with Crippen LogP contribution in [0.3, 0.4) is 0 Å². The molecule has 0 radical (unpaired) electrons. The molecule has 0 saturated heterocycles. The second kappa shape index (κ2) is 16.4. The summed E-state index contributed by atoms with van der Waals surface area (Å²) < 4.78 is 4.95. The summed E-state index contributed by atoms with van der Waals surface area (Å²) in [5, 5.41) is 7.18. The van der Waals surface area contributed by atoms with Crippen LogP contribution in [0.1, 0.15) is 40.3 Å². The van der Waals surface area contributed by atoms with E-state index in [1.165, 1.54) is 72.0 Å². The minimum atomic E-state index is -0.625. The standard InChI is InChI=1S/C72H48N4/c1-45-29-30-49-36-40-66-67(57(49)41-45)59-43-52(44-61-70(59)75(66)65-28-16-14-26-60(65)72(61,53-20-7-3-8-21-53)54-22-9-4-10-23-54)51-37-39-64-58(42-51)56-25-13-15-27-63(56)76(64)71-68(50-33-31-47(32-34-50)46-17-5-2-6-18-46)73-62-38-35-48-19-11-12-24-55(48)69(62)74-71/h2-40,42-45H,41H2,1H3. The van der Waals surface area contributed by atoms with Crippen LogP contribution in [0.25, 0.3) is 117 Å². The van der Waals surface area contributed by atoms with Crippen LogP contribution in [0.4, 0.5) is 0 Å². The van der Waals surface area contributed by atoms with Gasteiger partial charge in [0.2, 0.25) is 0 Å². The lowest BCUT2D eigenvalue weighted by Gasteiger charge is -2.42. The van der Waals surface area contributed by atoms with Gasteiger partial charge in [0.15, 0.2) is 5.82 Å². The van der Waals surface area contributed by atoms with Crippen molar-refractivity contribution in [3.63, 3.8) is 0 Å². The molecule has 76 heavy (non-hydrogen) atoms. The minimum absolute atomic E-state index is 0.434. The van der Waals surface area contributed by atoms with Crippen LogP contribution in [-0.2, 0) is 11.8 Å². The molecule has 0 saturated carbocycles. The van der Waals surface area contributed by atoms with Crippen LogP contribution in [0.5, 0.6) is 0 Å². The first-order valence-corrected chi connectivity index (χ1v) is 26.5. The molecule has 16 rings (SSSR count). The molecule has 0 fully saturated rings. The Morgan fingerprint density at radius 2 is 1.08 bits per heavy atom. The highest BCUT2D eigenvalue weighted by atomic mass is 15.1. The molecule has 0 N–H and O–H groups in total. The van der Waals surface area contributed by atoms with E-state index in [0.29, 0.717) is 5.92 Å². The van der Waals surface area contributed by atoms with Gasteiger partial charge in [-0.2, -0.15) is 0 Å². The van der Waals surface area contributed by atoms with E-state index in [1.54, 1.807) is 0 Å². The molecule has 1 aliphatic heterocycles. The highest BCUT2D eigenvalue weighted by molar-refractivity contribution is 6.17. The van der Waals surface area contributed by atoms with Crippen molar-refractivity contribution in [2.24, 2.45) is 5.92 Å². The summed E-state index contributed by atoms with van der Waals surface area (Å²) in [6, 6.07) is 89.4. The van der Waals surface area contributed by atoms with E-state index in [4.69, 9.17) is 9.97 Å². The van der Waals surface area contributed by atoms with Crippen LogP contribution in [-0.4, -0.2) is 19.1 Å².